The van der Waals surface area contributed by atoms with E-state index in [0.717, 1.165) is 57.4 Å². The van der Waals surface area contributed by atoms with Crippen molar-refractivity contribution in [3.8, 4) is 0 Å². The van der Waals surface area contributed by atoms with Gasteiger partial charge < -0.3 is 21.3 Å². The van der Waals surface area contributed by atoms with Gasteiger partial charge >= 0.3 is 0 Å². The second-order valence-corrected chi connectivity index (χ2v) is 7.75. The van der Waals surface area contributed by atoms with Crippen LogP contribution in [0.2, 0.25) is 0 Å². The average Bonchev–Trinajstić information content (AvgIpc) is 2.72. The van der Waals surface area contributed by atoms with Crippen LogP contribution in [0.25, 0.3) is 0 Å². The molecule has 26 heavy (non-hydrogen) atoms. The molecular weight excluding hydrogens is 328 g/mol. The quantitative estimate of drug-likeness (QED) is 0.571. The Morgan fingerprint density at radius 3 is 2.38 bits per heavy atom. The highest BCUT2D eigenvalue weighted by molar-refractivity contribution is 5.81. The van der Waals surface area contributed by atoms with Gasteiger partial charge in [-0.25, -0.2) is 0 Å². The summed E-state index contributed by atoms with van der Waals surface area (Å²) in [5, 5.41) is 12.7. The summed E-state index contributed by atoms with van der Waals surface area (Å²) in [7, 11) is 0. The number of piperidine rings is 1. The Morgan fingerprint density at radius 2 is 1.77 bits per heavy atom. The number of rotatable bonds is 6. The summed E-state index contributed by atoms with van der Waals surface area (Å²) >= 11 is 0. The van der Waals surface area contributed by atoms with Crippen LogP contribution in [0, 0.1) is 17.8 Å². The SMILES string of the molecule is O=C(NCC1=CNCC=C1)C1CCC(C(=O)NCC2CCCNC2)CC1. The second-order valence-electron chi connectivity index (χ2n) is 7.75. The third-order valence-electron chi connectivity index (χ3n) is 5.75. The van der Waals surface area contributed by atoms with E-state index in [-0.39, 0.29) is 23.7 Å². The summed E-state index contributed by atoms with van der Waals surface area (Å²) in [6, 6.07) is 0. The van der Waals surface area contributed by atoms with Crippen LogP contribution in [-0.2, 0) is 9.59 Å². The normalized spacial score (nSPS) is 28.6. The minimum atomic E-state index is 0.0442. The summed E-state index contributed by atoms with van der Waals surface area (Å²) in [6.07, 6.45) is 11.7. The molecule has 0 bridgehead atoms. The molecule has 144 valence electrons. The molecule has 2 aliphatic heterocycles. The highest BCUT2D eigenvalue weighted by Crippen LogP contribution is 2.29. The van der Waals surface area contributed by atoms with Gasteiger partial charge in [0.05, 0.1) is 0 Å². The first-order valence-corrected chi connectivity index (χ1v) is 10.1. The lowest BCUT2D eigenvalue weighted by atomic mass is 9.81. The van der Waals surface area contributed by atoms with E-state index >= 15 is 0 Å². The van der Waals surface area contributed by atoms with E-state index in [1.54, 1.807) is 0 Å². The van der Waals surface area contributed by atoms with Crippen LogP contribution >= 0.6 is 0 Å². The summed E-state index contributed by atoms with van der Waals surface area (Å²) in [6.45, 7) is 4.30. The highest BCUT2D eigenvalue weighted by Gasteiger charge is 2.30. The highest BCUT2D eigenvalue weighted by atomic mass is 16.2. The monoisotopic (exact) mass is 360 g/mol. The number of carbonyl (C=O) groups is 2. The number of hydrogen-bond donors (Lipinski definition) is 4. The zero-order valence-corrected chi connectivity index (χ0v) is 15.6. The van der Waals surface area contributed by atoms with Crippen LogP contribution in [0.4, 0.5) is 0 Å². The Balaban J connectivity index is 1.33. The van der Waals surface area contributed by atoms with Crippen molar-refractivity contribution in [2.45, 2.75) is 38.5 Å². The van der Waals surface area contributed by atoms with E-state index < -0.39 is 0 Å². The topological polar surface area (TPSA) is 82.3 Å². The van der Waals surface area contributed by atoms with Crippen LogP contribution < -0.4 is 21.3 Å². The van der Waals surface area contributed by atoms with E-state index in [1.165, 1.54) is 12.8 Å². The van der Waals surface area contributed by atoms with Crippen molar-refractivity contribution >= 4 is 11.8 Å². The Morgan fingerprint density at radius 1 is 1.04 bits per heavy atom. The molecule has 0 aromatic carbocycles. The zero-order chi connectivity index (χ0) is 18.2. The molecule has 1 unspecified atom stereocenters. The molecule has 3 aliphatic rings. The third-order valence-corrected chi connectivity index (χ3v) is 5.75. The molecule has 1 saturated carbocycles. The number of hydrogen-bond acceptors (Lipinski definition) is 4. The molecule has 0 aromatic rings. The molecule has 2 fully saturated rings. The van der Waals surface area contributed by atoms with Crippen molar-refractivity contribution < 1.29 is 9.59 Å². The van der Waals surface area contributed by atoms with Gasteiger partial charge in [-0.1, -0.05) is 12.2 Å². The lowest BCUT2D eigenvalue weighted by Crippen LogP contribution is -2.41. The lowest BCUT2D eigenvalue weighted by molar-refractivity contribution is -0.130. The van der Waals surface area contributed by atoms with Crippen molar-refractivity contribution in [2.24, 2.45) is 17.8 Å². The molecule has 4 N–H and O–H groups in total. The molecule has 0 radical (unpaired) electrons. The number of dihydropyridines is 1. The fourth-order valence-corrected chi connectivity index (χ4v) is 4.07. The van der Waals surface area contributed by atoms with Crippen LogP contribution in [0.1, 0.15) is 38.5 Å². The molecule has 1 atom stereocenters. The van der Waals surface area contributed by atoms with Gasteiger partial charge in [0.1, 0.15) is 0 Å². The minimum absolute atomic E-state index is 0.0442. The van der Waals surface area contributed by atoms with Crippen molar-refractivity contribution in [1.82, 2.24) is 21.3 Å². The smallest absolute Gasteiger partial charge is 0.223 e. The maximum absolute atomic E-state index is 12.4. The van der Waals surface area contributed by atoms with Crippen molar-refractivity contribution in [1.29, 1.82) is 0 Å². The molecule has 6 nitrogen and oxygen atoms in total. The molecular formula is C20H32N4O2. The van der Waals surface area contributed by atoms with E-state index in [2.05, 4.69) is 27.3 Å². The van der Waals surface area contributed by atoms with Crippen LogP contribution in [0.15, 0.2) is 23.9 Å². The van der Waals surface area contributed by atoms with Gasteiger partial charge in [-0.3, -0.25) is 9.59 Å². The predicted molar refractivity (Wildman–Crippen MR) is 102 cm³/mol. The van der Waals surface area contributed by atoms with Gasteiger partial charge in [0, 0.05) is 37.7 Å². The van der Waals surface area contributed by atoms with E-state index in [4.69, 9.17) is 0 Å². The maximum atomic E-state index is 12.4. The van der Waals surface area contributed by atoms with Crippen LogP contribution in [-0.4, -0.2) is 44.5 Å². The molecule has 6 heteroatoms. The molecule has 1 aliphatic carbocycles. The van der Waals surface area contributed by atoms with E-state index in [0.29, 0.717) is 12.5 Å². The number of nitrogens with one attached hydrogen (secondary N) is 4. The molecule has 1 saturated heterocycles. The number of amides is 2. The van der Waals surface area contributed by atoms with Gasteiger partial charge in [0.25, 0.3) is 0 Å². The van der Waals surface area contributed by atoms with Crippen LogP contribution in [0.3, 0.4) is 0 Å². The first-order chi connectivity index (χ1) is 12.7. The lowest BCUT2D eigenvalue weighted by Gasteiger charge is -2.28. The van der Waals surface area contributed by atoms with E-state index in [1.807, 2.05) is 12.3 Å². The van der Waals surface area contributed by atoms with Crippen molar-refractivity contribution in [3.63, 3.8) is 0 Å². The second kappa shape index (κ2) is 9.76. The largest absolute Gasteiger partial charge is 0.387 e. The van der Waals surface area contributed by atoms with Gasteiger partial charge in [0.2, 0.25) is 11.8 Å². The van der Waals surface area contributed by atoms with Crippen molar-refractivity contribution in [2.75, 3.05) is 32.7 Å². The van der Waals surface area contributed by atoms with Gasteiger partial charge in [-0.15, -0.1) is 0 Å². The van der Waals surface area contributed by atoms with E-state index in [9.17, 15) is 9.59 Å². The Kier molecular flexibility index (Phi) is 7.12. The molecule has 0 spiro atoms. The summed E-state index contributed by atoms with van der Waals surface area (Å²) in [5.74, 6) is 0.981. The fourth-order valence-electron chi connectivity index (χ4n) is 4.07. The first kappa shape index (κ1) is 19.0. The van der Waals surface area contributed by atoms with Gasteiger partial charge in [-0.2, -0.15) is 0 Å². The zero-order valence-electron chi connectivity index (χ0n) is 15.6. The molecule has 2 amide bonds. The Hall–Kier alpha value is -1.82. The third kappa shape index (κ3) is 5.59. The average molecular weight is 361 g/mol. The molecule has 3 rings (SSSR count). The Labute approximate surface area is 156 Å². The molecule has 2 heterocycles. The predicted octanol–water partition coefficient (Wildman–Crippen LogP) is 1.07. The molecule has 0 aromatic heterocycles. The summed E-state index contributed by atoms with van der Waals surface area (Å²) in [4.78, 5) is 24.8. The Bertz CT molecular complexity index is 544. The fraction of sp³-hybridized carbons (Fsp3) is 0.700. The standard InChI is InChI=1S/C20H32N4O2/c25-19(23-13-15-3-1-9-21-11-15)17-5-7-18(8-6-17)20(26)24-14-16-4-2-10-22-12-16/h1,3,11,16-18,21-22H,2,4-10,12-14H2,(H,23,25)(H,24,26). The number of carbonyl (C=O) groups excluding carboxylic acids is 2. The minimum Gasteiger partial charge on any atom is -0.387 e. The summed E-state index contributed by atoms with van der Waals surface area (Å²) < 4.78 is 0. The van der Waals surface area contributed by atoms with Gasteiger partial charge in [-0.05, 0) is 63.1 Å². The first-order valence-electron chi connectivity index (χ1n) is 10.1. The van der Waals surface area contributed by atoms with Crippen LogP contribution in [0.5, 0.6) is 0 Å². The summed E-state index contributed by atoms with van der Waals surface area (Å²) in [5.41, 5.74) is 1.09. The van der Waals surface area contributed by atoms with Crippen molar-refractivity contribution in [3.05, 3.63) is 23.9 Å². The maximum Gasteiger partial charge on any atom is 0.223 e. The van der Waals surface area contributed by atoms with Gasteiger partial charge in [0.15, 0.2) is 0 Å².